The highest BCUT2D eigenvalue weighted by atomic mass is 19.4. The molecule has 4 rings (SSSR count). The normalized spacial score (nSPS) is 24.2. The zero-order valence-corrected chi connectivity index (χ0v) is 16.9. The maximum atomic E-state index is 14.5. The number of benzene rings is 2. The van der Waals surface area contributed by atoms with Gasteiger partial charge in [0.05, 0.1) is 0 Å². The third-order valence-electron chi connectivity index (χ3n) is 6.72. The molecule has 0 radical (unpaired) electrons. The molecule has 5 heteroatoms. The Kier molecular flexibility index (Phi) is 5.90. The molecule has 1 saturated carbocycles. The topological polar surface area (TPSA) is 9.23 Å². The third kappa shape index (κ3) is 4.55. The summed E-state index contributed by atoms with van der Waals surface area (Å²) in [7, 11) is 0. The summed E-state index contributed by atoms with van der Waals surface area (Å²) in [5.41, 5.74) is 3.70. The van der Waals surface area contributed by atoms with Gasteiger partial charge in [0.15, 0.2) is 11.6 Å². The van der Waals surface area contributed by atoms with Gasteiger partial charge < -0.3 is 4.74 Å². The van der Waals surface area contributed by atoms with E-state index in [0.29, 0.717) is 36.7 Å². The van der Waals surface area contributed by atoms with Crippen molar-refractivity contribution in [1.29, 1.82) is 0 Å². The van der Waals surface area contributed by atoms with E-state index < -0.39 is 17.9 Å². The SMILES string of the molecule is C=CC1CCC(c2ccc(C3CCc4c(ccc(OC(F)(F)F)c4F)C3)cc2)CC1. The van der Waals surface area contributed by atoms with E-state index in [4.69, 9.17) is 0 Å². The first-order valence-electron chi connectivity index (χ1n) is 10.6. The van der Waals surface area contributed by atoms with Gasteiger partial charge in [0.2, 0.25) is 0 Å². The monoisotopic (exact) mass is 418 g/mol. The van der Waals surface area contributed by atoms with Crippen LogP contribution in [0.25, 0.3) is 0 Å². The van der Waals surface area contributed by atoms with Gasteiger partial charge in [-0.05, 0) is 91.0 Å². The van der Waals surface area contributed by atoms with Crippen molar-refractivity contribution in [2.75, 3.05) is 0 Å². The number of ether oxygens (including phenoxy) is 1. The summed E-state index contributed by atoms with van der Waals surface area (Å²) < 4.78 is 55.7. The van der Waals surface area contributed by atoms with Crippen LogP contribution in [0.3, 0.4) is 0 Å². The number of halogens is 4. The smallest absolute Gasteiger partial charge is 0.403 e. The van der Waals surface area contributed by atoms with E-state index in [0.717, 1.165) is 11.6 Å². The molecule has 2 aromatic carbocycles. The van der Waals surface area contributed by atoms with Crippen LogP contribution < -0.4 is 4.74 Å². The molecular formula is C25H26F4O. The van der Waals surface area contributed by atoms with E-state index in [1.807, 2.05) is 0 Å². The van der Waals surface area contributed by atoms with Crippen molar-refractivity contribution in [3.63, 3.8) is 0 Å². The first kappa shape index (κ1) is 21.0. The highest BCUT2D eigenvalue weighted by molar-refractivity contribution is 5.41. The Morgan fingerprint density at radius 3 is 2.10 bits per heavy atom. The molecule has 0 N–H and O–H groups in total. The minimum atomic E-state index is -4.89. The van der Waals surface area contributed by atoms with Crippen molar-refractivity contribution in [3.8, 4) is 5.75 Å². The Morgan fingerprint density at radius 1 is 0.867 bits per heavy atom. The molecule has 160 valence electrons. The van der Waals surface area contributed by atoms with E-state index in [1.54, 1.807) is 6.07 Å². The molecule has 0 bridgehead atoms. The molecule has 1 nitrogen and oxygen atoms in total. The van der Waals surface area contributed by atoms with E-state index in [-0.39, 0.29) is 5.92 Å². The van der Waals surface area contributed by atoms with Crippen molar-refractivity contribution < 1.29 is 22.3 Å². The number of hydrogen-bond acceptors (Lipinski definition) is 1. The summed E-state index contributed by atoms with van der Waals surface area (Å²) in [5, 5.41) is 0. The number of allylic oxidation sites excluding steroid dienone is 1. The summed E-state index contributed by atoms with van der Waals surface area (Å²) in [6.07, 6.45) is 3.70. The Bertz CT molecular complexity index is 893. The van der Waals surface area contributed by atoms with Crippen LogP contribution in [0, 0.1) is 11.7 Å². The molecule has 30 heavy (non-hydrogen) atoms. The summed E-state index contributed by atoms with van der Waals surface area (Å²) in [4.78, 5) is 0. The van der Waals surface area contributed by atoms with E-state index in [9.17, 15) is 17.6 Å². The van der Waals surface area contributed by atoms with Crippen LogP contribution in [0.4, 0.5) is 17.6 Å². The minimum absolute atomic E-state index is 0.247. The molecule has 0 spiro atoms. The lowest BCUT2D eigenvalue weighted by atomic mass is 9.77. The van der Waals surface area contributed by atoms with Crippen LogP contribution in [0.2, 0.25) is 0 Å². The summed E-state index contributed by atoms with van der Waals surface area (Å²) in [6.45, 7) is 3.91. The second kappa shape index (κ2) is 8.44. The van der Waals surface area contributed by atoms with Crippen molar-refractivity contribution in [2.24, 2.45) is 5.92 Å². The molecule has 2 aliphatic rings. The fourth-order valence-electron chi connectivity index (χ4n) is 5.00. The molecule has 2 aliphatic carbocycles. The number of alkyl halides is 3. The van der Waals surface area contributed by atoms with Gasteiger partial charge in [-0.15, -0.1) is 19.8 Å². The third-order valence-corrected chi connectivity index (χ3v) is 6.72. The molecule has 1 atom stereocenters. The quantitative estimate of drug-likeness (QED) is 0.370. The predicted octanol–water partition coefficient (Wildman–Crippen LogP) is 7.46. The first-order chi connectivity index (χ1) is 14.3. The van der Waals surface area contributed by atoms with Crippen molar-refractivity contribution >= 4 is 0 Å². The summed E-state index contributed by atoms with van der Waals surface area (Å²) >= 11 is 0. The van der Waals surface area contributed by atoms with Crippen LogP contribution in [-0.4, -0.2) is 6.36 Å². The highest BCUT2D eigenvalue weighted by Crippen LogP contribution is 2.39. The van der Waals surface area contributed by atoms with E-state index in [1.165, 1.54) is 36.8 Å². The number of rotatable bonds is 4. The maximum Gasteiger partial charge on any atom is 0.573 e. The van der Waals surface area contributed by atoms with E-state index in [2.05, 4.69) is 41.7 Å². The Morgan fingerprint density at radius 2 is 1.50 bits per heavy atom. The molecule has 0 saturated heterocycles. The predicted molar refractivity (Wildman–Crippen MR) is 109 cm³/mol. The van der Waals surface area contributed by atoms with Gasteiger partial charge in [-0.25, -0.2) is 4.39 Å². The molecule has 2 aromatic rings. The summed E-state index contributed by atoms with van der Waals surface area (Å²) in [6, 6.07) is 11.4. The lowest BCUT2D eigenvalue weighted by Gasteiger charge is -2.28. The lowest BCUT2D eigenvalue weighted by Crippen LogP contribution is -2.20. The highest BCUT2D eigenvalue weighted by Gasteiger charge is 2.34. The van der Waals surface area contributed by atoms with Crippen LogP contribution in [0.5, 0.6) is 5.75 Å². The molecule has 1 fully saturated rings. The maximum absolute atomic E-state index is 14.5. The molecule has 1 unspecified atom stereocenters. The lowest BCUT2D eigenvalue weighted by molar-refractivity contribution is -0.275. The van der Waals surface area contributed by atoms with Crippen molar-refractivity contribution in [2.45, 2.75) is 63.1 Å². The average molecular weight is 418 g/mol. The average Bonchev–Trinajstić information content (AvgIpc) is 2.75. The van der Waals surface area contributed by atoms with Crippen LogP contribution in [0.15, 0.2) is 49.1 Å². The van der Waals surface area contributed by atoms with Gasteiger partial charge in [0.1, 0.15) is 0 Å². The van der Waals surface area contributed by atoms with Gasteiger partial charge in [-0.1, -0.05) is 36.4 Å². The van der Waals surface area contributed by atoms with Crippen LogP contribution >= 0.6 is 0 Å². The van der Waals surface area contributed by atoms with Gasteiger partial charge in [-0.3, -0.25) is 0 Å². The van der Waals surface area contributed by atoms with Crippen LogP contribution in [0.1, 0.15) is 66.2 Å². The second-order valence-electron chi connectivity index (χ2n) is 8.52. The Labute approximate surface area is 174 Å². The molecule has 0 aliphatic heterocycles. The first-order valence-corrected chi connectivity index (χ1v) is 10.6. The van der Waals surface area contributed by atoms with E-state index >= 15 is 0 Å². The Hall–Kier alpha value is -2.30. The number of fused-ring (bicyclic) bond motifs is 1. The molecule has 0 aromatic heterocycles. The van der Waals surface area contributed by atoms with Gasteiger partial charge in [0, 0.05) is 0 Å². The fourth-order valence-corrected chi connectivity index (χ4v) is 5.00. The Balaban J connectivity index is 1.45. The standard InChI is InChI=1S/C25H26F4O/c1-2-16-3-5-17(6-4-16)18-7-9-19(10-8-18)20-11-13-22-21(15-20)12-14-23(24(22)26)30-25(27,28)29/h2,7-10,12,14,16-17,20H,1,3-6,11,13,15H2. The van der Waals surface area contributed by atoms with Crippen LogP contribution in [-0.2, 0) is 12.8 Å². The fraction of sp³-hybridized carbons (Fsp3) is 0.440. The molecular weight excluding hydrogens is 392 g/mol. The number of hydrogen-bond donors (Lipinski definition) is 0. The molecule has 0 heterocycles. The van der Waals surface area contributed by atoms with Gasteiger partial charge >= 0.3 is 6.36 Å². The summed E-state index contributed by atoms with van der Waals surface area (Å²) in [5.74, 6) is -0.130. The minimum Gasteiger partial charge on any atom is -0.403 e. The zero-order valence-electron chi connectivity index (χ0n) is 16.9. The molecule has 0 amide bonds. The van der Waals surface area contributed by atoms with Gasteiger partial charge in [-0.2, -0.15) is 0 Å². The second-order valence-corrected chi connectivity index (χ2v) is 8.52. The van der Waals surface area contributed by atoms with Crippen molar-refractivity contribution in [3.05, 3.63) is 77.1 Å². The van der Waals surface area contributed by atoms with Gasteiger partial charge in [0.25, 0.3) is 0 Å². The zero-order chi connectivity index (χ0) is 21.3. The largest absolute Gasteiger partial charge is 0.573 e. The van der Waals surface area contributed by atoms with Crippen molar-refractivity contribution in [1.82, 2.24) is 0 Å².